The Balaban J connectivity index is 4.05. The summed E-state index contributed by atoms with van der Waals surface area (Å²) in [6, 6.07) is -0.798. The third kappa shape index (κ3) is 10.8. The first-order chi connectivity index (χ1) is 9.11. The quantitative estimate of drug-likeness (QED) is 0.639. The van der Waals surface area contributed by atoms with Crippen molar-refractivity contribution in [3.63, 3.8) is 0 Å². The third-order valence-corrected chi connectivity index (χ3v) is 2.82. The second-order valence-corrected chi connectivity index (χ2v) is 6.58. The highest BCUT2D eigenvalue weighted by Gasteiger charge is 2.22. The van der Waals surface area contributed by atoms with E-state index in [9.17, 15) is 9.59 Å². The van der Waals surface area contributed by atoms with E-state index >= 15 is 0 Å². The summed E-state index contributed by atoms with van der Waals surface area (Å²) in [7, 11) is 0. The number of aliphatic carboxylic acids is 1. The Morgan fingerprint density at radius 3 is 2.30 bits per heavy atom. The van der Waals surface area contributed by atoms with Crippen molar-refractivity contribution in [3.8, 4) is 0 Å². The van der Waals surface area contributed by atoms with Gasteiger partial charge in [-0.1, -0.05) is 20.8 Å². The van der Waals surface area contributed by atoms with Gasteiger partial charge < -0.3 is 15.2 Å². The van der Waals surface area contributed by atoms with E-state index in [1.54, 1.807) is 0 Å². The first-order valence-corrected chi connectivity index (χ1v) is 7.25. The molecule has 0 aliphatic carbocycles. The van der Waals surface area contributed by atoms with Gasteiger partial charge in [-0.25, -0.2) is 4.79 Å². The minimum atomic E-state index is -0.971. The maximum atomic E-state index is 11.7. The van der Waals surface area contributed by atoms with Gasteiger partial charge in [0.15, 0.2) is 0 Å². The predicted molar refractivity (Wildman–Crippen MR) is 78.6 cm³/mol. The fraction of sp³-hybridized carbons (Fsp3) is 0.867. The zero-order valence-electron chi connectivity index (χ0n) is 13.4. The number of hydrogen-bond donors (Lipinski definition) is 2. The lowest BCUT2D eigenvalue weighted by atomic mass is 9.88. The molecule has 1 amide bonds. The maximum absolute atomic E-state index is 11.7. The first-order valence-electron chi connectivity index (χ1n) is 7.25. The summed E-state index contributed by atoms with van der Waals surface area (Å²) in [6.07, 6.45) is 2.26. The molecule has 0 saturated heterocycles. The molecule has 0 bridgehead atoms. The molecule has 0 aromatic carbocycles. The Labute approximate surface area is 122 Å². The van der Waals surface area contributed by atoms with Crippen LogP contribution in [0.15, 0.2) is 0 Å². The van der Waals surface area contributed by atoms with Crippen LogP contribution in [0.5, 0.6) is 0 Å². The van der Waals surface area contributed by atoms with Crippen molar-refractivity contribution in [2.45, 2.75) is 72.4 Å². The molecular formula is C15H29NO4. The lowest BCUT2D eigenvalue weighted by Crippen LogP contribution is -2.41. The molecule has 0 rings (SSSR count). The van der Waals surface area contributed by atoms with Gasteiger partial charge in [-0.2, -0.15) is 0 Å². The molecule has 0 fully saturated rings. The summed E-state index contributed by atoms with van der Waals surface area (Å²) >= 11 is 0. The van der Waals surface area contributed by atoms with Gasteiger partial charge in [0, 0.05) is 13.0 Å². The van der Waals surface area contributed by atoms with E-state index in [-0.39, 0.29) is 17.4 Å². The average molecular weight is 287 g/mol. The van der Waals surface area contributed by atoms with E-state index in [4.69, 9.17) is 9.84 Å². The Morgan fingerprint density at radius 2 is 1.85 bits per heavy atom. The molecule has 1 atom stereocenters. The van der Waals surface area contributed by atoms with Crippen molar-refractivity contribution in [3.05, 3.63) is 0 Å². The summed E-state index contributed by atoms with van der Waals surface area (Å²) in [4.78, 5) is 22.8. The number of rotatable bonds is 9. The van der Waals surface area contributed by atoms with Gasteiger partial charge in [-0.3, -0.25) is 4.79 Å². The lowest BCUT2D eigenvalue weighted by Gasteiger charge is -2.21. The van der Waals surface area contributed by atoms with Gasteiger partial charge in [0.25, 0.3) is 0 Å². The van der Waals surface area contributed by atoms with Crippen LogP contribution in [-0.2, 0) is 14.3 Å². The van der Waals surface area contributed by atoms with Crippen LogP contribution in [0, 0.1) is 5.41 Å². The molecule has 2 N–H and O–H groups in total. The molecule has 0 heterocycles. The molecule has 0 aromatic rings. The highest BCUT2D eigenvalue weighted by atomic mass is 16.5. The Kier molecular flexibility index (Phi) is 8.46. The van der Waals surface area contributed by atoms with Gasteiger partial charge in [-0.05, 0) is 38.5 Å². The predicted octanol–water partition coefficient (Wildman–Crippen LogP) is 2.59. The minimum Gasteiger partial charge on any atom is -0.480 e. The molecule has 20 heavy (non-hydrogen) atoms. The van der Waals surface area contributed by atoms with Crippen LogP contribution in [0.3, 0.4) is 0 Å². The molecule has 0 spiro atoms. The summed E-state index contributed by atoms with van der Waals surface area (Å²) in [5.41, 5.74) is 0.0591. The average Bonchev–Trinajstić information content (AvgIpc) is 2.28. The molecule has 5 nitrogen and oxygen atoms in total. The second-order valence-electron chi connectivity index (χ2n) is 6.58. The van der Waals surface area contributed by atoms with Crippen molar-refractivity contribution in [2.24, 2.45) is 5.41 Å². The van der Waals surface area contributed by atoms with Gasteiger partial charge in [-0.15, -0.1) is 0 Å². The van der Waals surface area contributed by atoms with Gasteiger partial charge >= 0.3 is 5.97 Å². The zero-order valence-corrected chi connectivity index (χ0v) is 13.4. The van der Waals surface area contributed by atoms with E-state index in [1.807, 2.05) is 13.8 Å². The van der Waals surface area contributed by atoms with E-state index in [1.165, 1.54) is 0 Å². The van der Waals surface area contributed by atoms with Crippen LogP contribution in [-0.4, -0.2) is 35.7 Å². The van der Waals surface area contributed by atoms with E-state index in [0.29, 0.717) is 25.9 Å². The molecule has 5 heteroatoms. The highest BCUT2D eigenvalue weighted by Crippen LogP contribution is 2.21. The summed E-state index contributed by atoms with van der Waals surface area (Å²) in [5.74, 6) is -1.19. The van der Waals surface area contributed by atoms with Crippen LogP contribution in [0.25, 0.3) is 0 Å². The number of carboxylic acids is 1. The van der Waals surface area contributed by atoms with Crippen molar-refractivity contribution >= 4 is 11.9 Å². The second kappa shape index (κ2) is 8.95. The fourth-order valence-corrected chi connectivity index (χ4v) is 1.65. The van der Waals surface area contributed by atoms with Gasteiger partial charge in [0.05, 0.1) is 6.10 Å². The highest BCUT2D eigenvalue weighted by molar-refractivity contribution is 5.83. The molecule has 1 unspecified atom stereocenters. The topological polar surface area (TPSA) is 75.6 Å². The number of carboxylic acid groups (broad SMARTS) is 1. The largest absolute Gasteiger partial charge is 0.480 e. The van der Waals surface area contributed by atoms with Crippen LogP contribution >= 0.6 is 0 Å². The molecular weight excluding hydrogens is 258 g/mol. The Hall–Kier alpha value is -1.10. The monoisotopic (exact) mass is 287 g/mol. The minimum absolute atomic E-state index is 0.0591. The molecule has 118 valence electrons. The van der Waals surface area contributed by atoms with Crippen LogP contribution in [0.2, 0.25) is 0 Å². The zero-order chi connectivity index (χ0) is 15.8. The van der Waals surface area contributed by atoms with Crippen LogP contribution in [0.1, 0.15) is 60.3 Å². The fourth-order valence-electron chi connectivity index (χ4n) is 1.65. The molecule has 0 aliphatic heterocycles. The number of amides is 1. The Bertz CT molecular complexity index is 307. The third-order valence-electron chi connectivity index (χ3n) is 2.82. The smallest absolute Gasteiger partial charge is 0.326 e. The van der Waals surface area contributed by atoms with Crippen LogP contribution in [0.4, 0.5) is 0 Å². The van der Waals surface area contributed by atoms with Gasteiger partial charge in [0.1, 0.15) is 6.04 Å². The molecule has 0 saturated carbocycles. The number of nitrogens with one attached hydrogen (secondary N) is 1. The van der Waals surface area contributed by atoms with Gasteiger partial charge in [0.2, 0.25) is 5.91 Å². The van der Waals surface area contributed by atoms with E-state index in [0.717, 1.165) is 6.42 Å². The van der Waals surface area contributed by atoms with Crippen molar-refractivity contribution < 1.29 is 19.4 Å². The normalized spacial score (nSPS) is 13.3. The number of carbonyl (C=O) groups is 2. The van der Waals surface area contributed by atoms with E-state index < -0.39 is 12.0 Å². The standard InChI is InChI=1S/C15H29NO4/c1-11(2)20-10-6-7-13(17)16-12(14(18)19)8-9-15(3,4)5/h11-12H,6-10H2,1-5H3,(H,16,17)(H,18,19). The number of carbonyl (C=O) groups excluding carboxylic acids is 1. The summed E-state index contributed by atoms with van der Waals surface area (Å²) in [5, 5.41) is 11.7. The molecule has 0 radical (unpaired) electrons. The molecule has 0 aliphatic rings. The first kappa shape index (κ1) is 18.9. The SMILES string of the molecule is CC(C)OCCCC(=O)NC(CCC(C)(C)C)C(=O)O. The van der Waals surface area contributed by atoms with Crippen LogP contribution < -0.4 is 5.32 Å². The van der Waals surface area contributed by atoms with Crippen molar-refractivity contribution in [1.29, 1.82) is 0 Å². The maximum Gasteiger partial charge on any atom is 0.326 e. The summed E-state index contributed by atoms with van der Waals surface area (Å²) < 4.78 is 5.34. The van der Waals surface area contributed by atoms with E-state index in [2.05, 4.69) is 26.1 Å². The summed E-state index contributed by atoms with van der Waals surface area (Å²) in [6.45, 7) is 10.6. The molecule has 0 aromatic heterocycles. The number of hydrogen-bond acceptors (Lipinski definition) is 3. The van der Waals surface area contributed by atoms with Crippen molar-refractivity contribution in [1.82, 2.24) is 5.32 Å². The van der Waals surface area contributed by atoms with Crippen molar-refractivity contribution in [2.75, 3.05) is 6.61 Å². The Morgan fingerprint density at radius 1 is 1.25 bits per heavy atom. The number of ether oxygens (including phenoxy) is 1. The lowest BCUT2D eigenvalue weighted by molar-refractivity contribution is -0.142.